The van der Waals surface area contributed by atoms with Crippen LogP contribution in [0.4, 0.5) is 5.69 Å². The van der Waals surface area contributed by atoms with E-state index < -0.39 is 0 Å². The van der Waals surface area contributed by atoms with Crippen molar-refractivity contribution in [3.05, 3.63) is 65.4 Å². The fourth-order valence-electron chi connectivity index (χ4n) is 6.28. The van der Waals surface area contributed by atoms with Gasteiger partial charge in [0.15, 0.2) is 0 Å². The predicted octanol–water partition coefficient (Wildman–Crippen LogP) is 3.44. The van der Waals surface area contributed by atoms with Gasteiger partial charge in [-0.2, -0.15) is 10.2 Å². The summed E-state index contributed by atoms with van der Waals surface area (Å²) in [7, 11) is 2.17. The first kappa shape index (κ1) is 22.0. The van der Waals surface area contributed by atoms with Crippen LogP contribution in [0.15, 0.2) is 43.1 Å². The molecule has 186 valence electrons. The zero-order valence-electron chi connectivity index (χ0n) is 20.9. The SMILES string of the molecule is CN1CCc2ccc(COCC3Cc4cn5ncnc(-c6cnn(C7CCNCC7)c6)c5c4C3)cc21. The molecule has 3 aliphatic rings. The van der Waals surface area contributed by atoms with E-state index >= 15 is 0 Å². The molecule has 36 heavy (non-hydrogen) atoms. The molecule has 1 N–H and O–H groups in total. The van der Waals surface area contributed by atoms with Crippen LogP contribution in [0.1, 0.15) is 41.1 Å². The molecule has 0 amide bonds. The van der Waals surface area contributed by atoms with Gasteiger partial charge in [-0.05, 0) is 79.4 Å². The molecule has 1 atom stereocenters. The first-order chi connectivity index (χ1) is 17.7. The Kier molecular flexibility index (Phi) is 5.51. The quantitative estimate of drug-likeness (QED) is 0.453. The van der Waals surface area contributed by atoms with Gasteiger partial charge in [0, 0.05) is 37.2 Å². The number of anilines is 1. The molecular weight excluding hydrogens is 450 g/mol. The molecule has 8 nitrogen and oxygen atoms in total. The fraction of sp³-hybridized carbons (Fsp3) is 0.464. The Bertz CT molecular complexity index is 1400. The number of hydrogen-bond donors (Lipinski definition) is 1. The minimum absolute atomic E-state index is 0.461. The summed E-state index contributed by atoms with van der Waals surface area (Å²) in [4.78, 5) is 7.05. The maximum Gasteiger partial charge on any atom is 0.137 e. The highest BCUT2D eigenvalue weighted by molar-refractivity contribution is 5.80. The predicted molar refractivity (Wildman–Crippen MR) is 139 cm³/mol. The van der Waals surface area contributed by atoms with Crippen LogP contribution >= 0.6 is 0 Å². The van der Waals surface area contributed by atoms with Gasteiger partial charge in [0.2, 0.25) is 0 Å². The zero-order valence-corrected chi connectivity index (χ0v) is 20.9. The van der Waals surface area contributed by atoms with E-state index in [0.29, 0.717) is 18.6 Å². The lowest BCUT2D eigenvalue weighted by Gasteiger charge is -2.22. The summed E-state index contributed by atoms with van der Waals surface area (Å²) in [5.74, 6) is 0.489. The molecule has 3 aromatic heterocycles. The number of benzene rings is 1. The monoisotopic (exact) mass is 483 g/mol. The summed E-state index contributed by atoms with van der Waals surface area (Å²) in [6.07, 6.45) is 13.4. The third-order valence-corrected chi connectivity index (χ3v) is 8.23. The minimum atomic E-state index is 0.461. The Hall–Kier alpha value is -3.23. The van der Waals surface area contributed by atoms with E-state index in [-0.39, 0.29) is 0 Å². The normalized spacial score (nSPS) is 19.8. The average Bonchev–Trinajstić information content (AvgIpc) is 3.68. The number of aromatic nitrogens is 5. The number of nitrogens with one attached hydrogen (secondary N) is 1. The highest BCUT2D eigenvalue weighted by atomic mass is 16.5. The molecule has 0 saturated carbocycles. The van der Waals surface area contributed by atoms with Gasteiger partial charge in [0.05, 0.1) is 31.0 Å². The van der Waals surface area contributed by atoms with Crippen molar-refractivity contribution in [2.24, 2.45) is 5.92 Å². The van der Waals surface area contributed by atoms with Crippen molar-refractivity contribution >= 4 is 11.2 Å². The number of ether oxygens (including phenoxy) is 1. The van der Waals surface area contributed by atoms with E-state index in [2.05, 4.69) is 57.6 Å². The van der Waals surface area contributed by atoms with Crippen LogP contribution in [-0.4, -0.2) is 57.7 Å². The van der Waals surface area contributed by atoms with Crippen molar-refractivity contribution < 1.29 is 4.74 Å². The van der Waals surface area contributed by atoms with Crippen LogP contribution < -0.4 is 10.2 Å². The highest BCUT2D eigenvalue weighted by Gasteiger charge is 2.28. The fourth-order valence-corrected chi connectivity index (χ4v) is 6.28. The molecule has 0 spiro atoms. The van der Waals surface area contributed by atoms with Gasteiger partial charge in [-0.15, -0.1) is 0 Å². The molecule has 1 saturated heterocycles. The summed E-state index contributed by atoms with van der Waals surface area (Å²) >= 11 is 0. The molecule has 5 heterocycles. The number of rotatable bonds is 6. The molecule has 4 aromatic rings. The molecule has 0 radical (unpaired) electrons. The second kappa shape index (κ2) is 9.01. The lowest BCUT2D eigenvalue weighted by molar-refractivity contribution is 0.0898. The Morgan fingerprint density at radius 3 is 2.92 bits per heavy atom. The van der Waals surface area contributed by atoms with Crippen LogP contribution in [0.2, 0.25) is 0 Å². The third kappa shape index (κ3) is 3.89. The van der Waals surface area contributed by atoms with Crippen LogP contribution in [0.3, 0.4) is 0 Å². The Balaban J connectivity index is 1.06. The van der Waals surface area contributed by atoms with Gasteiger partial charge in [0.1, 0.15) is 12.0 Å². The van der Waals surface area contributed by atoms with Gasteiger partial charge in [-0.3, -0.25) is 4.68 Å². The Morgan fingerprint density at radius 1 is 1.08 bits per heavy atom. The number of hydrogen-bond acceptors (Lipinski definition) is 6. The number of likely N-dealkylation sites (N-methyl/N-ethyl adjacent to an activating group) is 1. The van der Waals surface area contributed by atoms with Crippen molar-refractivity contribution in [1.82, 2.24) is 29.7 Å². The molecule has 1 aliphatic carbocycles. The first-order valence-corrected chi connectivity index (χ1v) is 13.2. The zero-order chi connectivity index (χ0) is 24.1. The van der Waals surface area contributed by atoms with E-state index in [1.807, 2.05) is 10.7 Å². The topological polar surface area (TPSA) is 72.5 Å². The molecular formula is C28H33N7O. The molecule has 7 rings (SSSR count). The van der Waals surface area contributed by atoms with Crippen molar-refractivity contribution in [2.75, 3.05) is 38.2 Å². The van der Waals surface area contributed by atoms with Gasteiger partial charge < -0.3 is 15.0 Å². The van der Waals surface area contributed by atoms with E-state index in [1.165, 1.54) is 27.9 Å². The third-order valence-electron chi connectivity index (χ3n) is 8.23. The van der Waals surface area contributed by atoms with E-state index in [4.69, 9.17) is 14.8 Å². The van der Waals surface area contributed by atoms with E-state index in [9.17, 15) is 0 Å². The van der Waals surface area contributed by atoms with Gasteiger partial charge in [-0.1, -0.05) is 12.1 Å². The largest absolute Gasteiger partial charge is 0.376 e. The maximum atomic E-state index is 6.22. The van der Waals surface area contributed by atoms with Crippen LogP contribution in [0.25, 0.3) is 16.8 Å². The first-order valence-electron chi connectivity index (χ1n) is 13.2. The number of nitrogens with zero attached hydrogens (tertiary/aromatic N) is 6. The standard InChI is InChI=1S/C28H33N7O/c1-33-9-6-21-3-2-19(12-26(21)33)16-36-17-20-10-22-14-35-28(25(22)11-20)27(30-18-32-35)23-13-31-34(15-23)24-4-7-29-8-5-24/h2-3,12-15,18,20,24,29H,4-11,16-17H2,1H3. The van der Waals surface area contributed by atoms with Crippen molar-refractivity contribution in [3.8, 4) is 11.3 Å². The van der Waals surface area contributed by atoms with Crippen molar-refractivity contribution in [1.29, 1.82) is 0 Å². The lowest BCUT2D eigenvalue weighted by Crippen LogP contribution is -2.29. The molecule has 1 fully saturated rings. The van der Waals surface area contributed by atoms with Crippen molar-refractivity contribution in [2.45, 2.75) is 44.8 Å². The van der Waals surface area contributed by atoms with Crippen LogP contribution in [-0.2, 0) is 30.6 Å². The second-order valence-corrected chi connectivity index (χ2v) is 10.6. The van der Waals surface area contributed by atoms with Gasteiger partial charge in [-0.25, -0.2) is 9.50 Å². The smallest absolute Gasteiger partial charge is 0.137 e. The molecule has 0 bridgehead atoms. The van der Waals surface area contributed by atoms with Crippen LogP contribution in [0, 0.1) is 5.92 Å². The summed E-state index contributed by atoms with van der Waals surface area (Å²) in [5.41, 5.74) is 9.98. The summed E-state index contributed by atoms with van der Waals surface area (Å²) in [5, 5.41) is 12.7. The second-order valence-electron chi connectivity index (χ2n) is 10.6. The minimum Gasteiger partial charge on any atom is -0.376 e. The number of fused-ring (bicyclic) bond motifs is 4. The molecule has 1 aromatic carbocycles. The maximum absolute atomic E-state index is 6.22. The molecule has 8 heteroatoms. The molecule has 1 unspecified atom stereocenters. The summed E-state index contributed by atoms with van der Waals surface area (Å²) in [6.45, 7) is 4.65. The summed E-state index contributed by atoms with van der Waals surface area (Å²) in [6, 6.07) is 7.24. The van der Waals surface area contributed by atoms with Crippen molar-refractivity contribution in [3.63, 3.8) is 0 Å². The Morgan fingerprint density at radius 2 is 2.00 bits per heavy atom. The number of piperidine rings is 1. The van der Waals surface area contributed by atoms with E-state index in [0.717, 1.165) is 75.1 Å². The highest BCUT2D eigenvalue weighted by Crippen LogP contribution is 2.36. The molecule has 2 aliphatic heterocycles. The Labute approximate surface area is 211 Å². The average molecular weight is 484 g/mol. The van der Waals surface area contributed by atoms with Gasteiger partial charge >= 0.3 is 0 Å². The van der Waals surface area contributed by atoms with E-state index in [1.54, 1.807) is 6.33 Å². The lowest BCUT2D eigenvalue weighted by atomic mass is 10.1. The summed E-state index contributed by atoms with van der Waals surface area (Å²) < 4.78 is 10.4. The van der Waals surface area contributed by atoms with Gasteiger partial charge in [0.25, 0.3) is 0 Å². The van der Waals surface area contributed by atoms with Crippen LogP contribution in [0.5, 0.6) is 0 Å².